The fourth-order valence-electron chi connectivity index (χ4n) is 2.72. The number of nitrogens with zero attached hydrogens (tertiary/aromatic N) is 2. The maximum Gasteiger partial charge on any atom is 0.269 e. The van der Waals surface area contributed by atoms with Crippen LogP contribution in [0.4, 0.5) is 11.4 Å². The van der Waals surface area contributed by atoms with Gasteiger partial charge in [-0.15, -0.1) is 0 Å². The van der Waals surface area contributed by atoms with Crippen molar-refractivity contribution < 1.29 is 10.0 Å². The minimum Gasteiger partial charge on any atom is -0.392 e. The van der Waals surface area contributed by atoms with Crippen molar-refractivity contribution in [3.05, 3.63) is 33.9 Å². The Kier molecular flexibility index (Phi) is 4.04. The number of non-ortho nitro benzene ring substituents is 1. The molecule has 2 unspecified atom stereocenters. The highest BCUT2D eigenvalue weighted by atomic mass is 16.6. The second-order valence-electron chi connectivity index (χ2n) is 5.41. The van der Waals surface area contributed by atoms with Crippen LogP contribution < -0.4 is 4.90 Å². The average Bonchev–Trinajstić information content (AvgIpc) is 2.40. The van der Waals surface area contributed by atoms with E-state index in [1.54, 1.807) is 6.07 Å². The molecule has 19 heavy (non-hydrogen) atoms. The first-order valence-electron chi connectivity index (χ1n) is 6.67. The summed E-state index contributed by atoms with van der Waals surface area (Å²) >= 11 is 0. The van der Waals surface area contributed by atoms with Crippen molar-refractivity contribution in [2.75, 3.05) is 11.4 Å². The van der Waals surface area contributed by atoms with E-state index < -0.39 is 4.92 Å². The number of rotatable bonds is 3. The number of benzene rings is 1. The fraction of sp³-hybridized carbons (Fsp3) is 0.571. The maximum absolute atomic E-state index is 10.8. The van der Waals surface area contributed by atoms with E-state index in [1.165, 1.54) is 18.6 Å². The summed E-state index contributed by atoms with van der Waals surface area (Å²) in [5.41, 5.74) is 1.59. The molecule has 0 saturated carbocycles. The molecular weight excluding hydrogens is 244 g/mol. The lowest BCUT2D eigenvalue weighted by atomic mass is 9.93. The maximum atomic E-state index is 10.8. The number of piperidine rings is 1. The molecule has 1 aliphatic rings. The van der Waals surface area contributed by atoms with Gasteiger partial charge in [0.15, 0.2) is 0 Å². The molecule has 2 atom stereocenters. The van der Waals surface area contributed by atoms with Gasteiger partial charge in [-0.25, -0.2) is 0 Å². The molecule has 0 bridgehead atoms. The number of hydrogen-bond donors (Lipinski definition) is 1. The molecule has 104 valence electrons. The quantitative estimate of drug-likeness (QED) is 0.673. The Hall–Kier alpha value is -1.62. The van der Waals surface area contributed by atoms with Crippen molar-refractivity contribution in [1.29, 1.82) is 0 Å². The predicted octanol–water partition coefficient (Wildman–Crippen LogP) is 2.71. The molecule has 1 aromatic rings. The van der Waals surface area contributed by atoms with Crippen molar-refractivity contribution in [2.24, 2.45) is 5.92 Å². The Morgan fingerprint density at radius 1 is 1.42 bits per heavy atom. The molecule has 2 rings (SSSR count). The van der Waals surface area contributed by atoms with E-state index in [0.717, 1.165) is 18.7 Å². The van der Waals surface area contributed by atoms with Gasteiger partial charge in [-0.2, -0.15) is 0 Å². The van der Waals surface area contributed by atoms with Gasteiger partial charge < -0.3 is 10.0 Å². The van der Waals surface area contributed by atoms with E-state index in [2.05, 4.69) is 18.7 Å². The van der Waals surface area contributed by atoms with Crippen LogP contribution in [0.2, 0.25) is 0 Å². The summed E-state index contributed by atoms with van der Waals surface area (Å²) in [6, 6.07) is 5.16. The molecule has 1 fully saturated rings. The van der Waals surface area contributed by atoms with Crippen LogP contribution in [0.15, 0.2) is 18.2 Å². The molecular formula is C14H20N2O3. The number of nitro benzene ring substituents is 1. The van der Waals surface area contributed by atoms with Crippen molar-refractivity contribution in [1.82, 2.24) is 0 Å². The van der Waals surface area contributed by atoms with E-state index in [0.29, 0.717) is 17.5 Å². The summed E-state index contributed by atoms with van der Waals surface area (Å²) in [5.74, 6) is 0.609. The smallest absolute Gasteiger partial charge is 0.269 e. The molecule has 0 amide bonds. The highest BCUT2D eigenvalue weighted by molar-refractivity contribution is 5.58. The molecule has 5 nitrogen and oxygen atoms in total. The molecule has 1 heterocycles. The second-order valence-corrected chi connectivity index (χ2v) is 5.41. The van der Waals surface area contributed by atoms with E-state index >= 15 is 0 Å². The van der Waals surface area contributed by atoms with E-state index in [1.807, 2.05) is 0 Å². The van der Waals surface area contributed by atoms with Gasteiger partial charge in [-0.1, -0.05) is 6.92 Å². The van der Waals surface area contributed by atoms with Gasteiger partial charge in [0.05, 0.1) is 11.5 Å². The zero-order chi connectivity index (χ0) is 14.0. The zero-order valence-electron chi connectivity index (χ0n) is 11.4. The lowest BCUT2D eigenvalue weighted by Gasteiger charge is -2.39. The van der Waals surface area contributed by atoms with Gasteiger partial charge >= 0.3 is 0 Å². The van der Waals surface area contributed by atoms with Crippen LogP contribution in [0.5, 0.6) is 0 Å². The van der Waals surface area contributed by atoms with Gasteiger partial charge in [-0.05, 0) is 31.7 Å². The van der Waals surface area contributed by atoms with Crippen molar-refractivity contribution in [2.45, 2.75) is 39.3 Å². The van der Waals surface area contributed by atoms with Gasteiger partial charge in [0, 0.05) is 36.0 Å². The third-order valence-corrected chi connectivity index (χ3v) is 3.87. The first-order valence-corrected chi connectivity index (χ1v) is 6.67. The van der Waals surface area contributed by atoms with Gasteiger partial charge in [0.25, 0.3) is 5.69 Å². The monoisotopic (exact) mass is 264 g/mol. The predicted molar refractivity (Wildman–Crippen MR) is 74.2 cm³/mol. The normalized spacial score (nSPS) is 23.4. The lowest BCUT2D eigenvalue weighted by Crippen LogP contribution is -2.41. The molecule has 1 N–H and O–H groups in total. The Labute approximate surface area is 113 Å². The zero-order valence-corrected chi connectivity index (χ0v) is 11.4. The van der Waals surface area contributed by atoms with Crippen LogP contribution in [0.3, 0.4) is 0 Å². The lowest BCUT2D eigenvalue weighted by molar-refractivity contribution is -0.384. The number of hydrogen-bond acceptors (Lipinski definition) is 4. The standard InChI is InChI=1S/C14H20N2O3/c1-10-3-4-11(2)15(8-10)14-6-5-13(16(18)19)7-12(14)9-17/h5-7,10-11,17H,3-4,8-9H2,1-2H3. The first-order chi connectivity index (χ1) is 9.02. The van der Waals surface area contributed by atoms with Crippen molar-refractivity contribution >= 4 is 11.4 Å². The minimum absolute atomic E-state index is 0.0329. The second kappa shape index (κ2) is 5.57. The SMILES string of the molecule is CC1CCC(C)N(c2ccc([N+](=O)[O-])cc2CO)C1. The van der Waals surface area contributed by atoms with Crippen LogP contribution in [0.25, 0.3) is 0 Å². The third-order valence-electron chi connectivity index (χ3n) is 3.87. The average molecular weight is 264 g/mol. The van der Waals surface area contributed by atoms with Crippen LogP contribution in [0, 0.1) is 16.0 Å². The Morgan fingerprint density at radius 2 is 2.16 bits per heavy atom. The van der Waals surface area contributed by atoms with E-state index in [-0.39, 0.29) is 12.3 Å². The number of anilines is 1. The highest BCUT2D eigenvalue weighted by Crippen LogP contribution is 2.32. The summed E-state index contributed by atoms with van der Waals surface area (Å²) in [6.07, 6.45) is 2.32. The van der Waals surface area contributed by atoms with Crippen LogP contribution in [-0.4, -0.2) is 22.6 Å². The van der Waals surface area contributed by atoms with Crippen LogP contribution in [-0.2, 0) is 6.61 Å². The molecule has 0 aliphatic carbocycles. The largest absolute Gasteiger partial charge is 0.392 e. The van der Waals surface area contributed by atoms with Crippen LogP contribution in [0.1, 0.15) is 32.3 Å². The summed E-state index contributed by atoms with van der Waals surface area (Å²) in [4.78, 5) is 12.6. The fourth-order valence-corrected chi connectivity index (χ4v) is 2.72. The van der Waals surface area contributed by atoms with Crippen LogP contribution >= 0.6 is 0 Å². The Balaban J connectivity index is 2.35. The van der Waals surface area contributed by atoms with Gasteiger partial charge in [0.1, 0.15) is 0 Å². The topological polar surface area (TPSA) is 66.6 Å². The van der Waals surface area contributed by atoms with Crippen molar-refractivity contribution in [3.63, 3.8) is 0 Å². The summed E-state index contributed by atoms with van der Waals surface area (Å²) < 4.78 is 0. The third kappa shape index (κ3) is 2.87. The summed E-state index contributed by atoms with van der Waals surface area (Å²) in [7, 11) is 0. The van der Waals surface area contributed by atoms with Crippen molar-refractivity contribution in [3.8, 4) is 0 Å². The van der Waals surface area contributed by atoms with E-state index in [9.17, 15) is 15.2 Å². The Morgan fingerprint density at radius 3 is 2.79 bits per heavy atom. The number of aliphatic hydroxyl groups is 1. The minimum atomic E-state index is -0.425. The summed E-state index contributed by atoms with van der Waals surface area (Å²) in [5, 5.41) is 20.2. The molecule has 0 spiro atoms. The van der Waals surface area contributed by atoms with Gasteiger partial charge in [-0.3, -0.25) is 10.1 Å². The van der Waals surface area contributed by atoms with E-state index in [4.69, 9.17) is 0 Å². The highest BCUT2D eigenvalue weighted by Gasteiger charge is 2.25. The summed E-state index contributed by atoms with van der Waals surface area (Å²) in [6.45, 7) is 5.14. The molecule has 1 aliphatic heterocycles. The molecule has 0 aromatic heterocycles. The molecule has 5 heteroatoms. The Bertz CT molecular complexity index is 476. The van der Waals surface area contributed by atoms with Gasteiger partial charge in [0.2, 0.25) is 0 Å². The number of nitro groups is 1. The molecule has 0 radical (unpaired) electrons. The first kappa shape index (κ1) is 13.8. The molecule has 1 aromatic carbocycles. The molecule has 1 saturated heterocycles. The number of aliphatic hydroxyl groups excluding tert-OH is 1.